The lowest BCUT2D eigenvalue weighted by Gasteiger charge is -2.10. The van der Waals surface area contributed by atoms with E-state index < -0.39 is 5.97 Å². The van der Waals surface area contributed by atoms with E-state index in [1.54, 1.807) is 13.2 Å². The fourth-order valence-corrected chi connectivity index (χ4v) is 2.02. The van der Waals surface area contributed by atoms with Crippen molar-refractivity contribution in [3.05, 3.63) is 36.0 Å². The maximum Gasteiger partial charge on any atom is 0.354 e. The van der Waals surface area contributed by atoms with E-state index in [1.807, 2.05) is 24.3 Å². The Bertz CT molecular complexity index is 599. The molecule has 2 aromatic rings. The highest BCUT2D eigenvalue weighted by atomic mass is 16.5. The number of benzene rings is 1. The summed E-state index contributed by atoms with van der Waals surface area (Å²) in [5, 5.41) is 14.1. The fourth-order valence-electron chi connectivity index (χ4n) is 2.02. The van der Waals surface area contributed by atoms with Crippen LogP contribution in [0, 0.1) is 0 Å². The molecule has 0 bridgehead atoms. The van der Waals surface area contributed by atoms with Crippen LogP contribution in [0.1, 0.15) is 23.3 Å². The first-order valence-electron chi connectivity index (χ1n) is 6.58. The molecule has 5 heteroatoms. The van der Waals surface area contributed by atoms with Crippen molar-refractivity contribution in [1.29, 1.82) is 0 Å². The first-order chi connectivity index (χ1) is 9.72. The predicted molar refractivity (Wildman–Crippen MR) is 78.3 cm³/mol. The van der Waals surface area contributed by atoms with Gasteiger partial charge in [0, 0.05) is 25.6 Å². The lowest BCUT2D eigenvalue weighted by molar-refractivity contribution is 0.0691. The molecule has 1 aromatic carbocycles. The van der Waals surface area contributed by atoms with Crippen LogP contribution in [0.4, 0.5) is 5.82 Å². The molecule has 0 unspecified atom stereocenters. The molecule has 2 rings (SSSR count). The number of carboxylic acid groups (broad SMARTS) is 1. The fraction of sp³-hybridized carbons (Fsp3) is 0.333. The normalized spacial score (nSPS) is 10.7. The van der Waals surface area contributed by atoms with Crippen LogP contribution in [0.15, 0.2) is 30.3 Å². The summed E-state index contributed by atoms with van der Waals surface area (Å²) in [5.74, 6) is -0.392. The Hall–Kier alpha value is -2.14. The minimum atomic E-state index is -1.02. The van der Waals surface area contributed by atoms with Gasteiger partial charge in [-0.3, -0.25) is 0 Å². The Morgan fingerprint density at radius 3 is 2.90 bits per heavy atom. The number of aromatic carboxylic acids is 1. The molecular weight excluding hydrogens is 256 g/mol. The summed E-state index contributed by atoms with van der Waals surface area (Å²) in [5.41, 5.74) is 0.0584. The summed E-state index contributed by atoms with van der Waals surface area (Å²) in [6.45, 7) is 1.47. The van der Waals surface area contributed by atoms with Gasteiger partial charge in [-0.05, 0) is 24.3 Å². The van der Waals surface area contributed by atoms with Crippen molar-refractivity contribution in [2.75, 3.05) is 25.6 Å². The molecule has 2 N–H and O–H groups in total. The van der Waals surface area contributed by atoms with Gasteiger partial charge in [0.2, 0.25) is 0 Å². The van der Waals surface area contributed by atoms with E-state index in [0.717, 1.165) is 36.8 Å². The van der Waals surface area contributed by atoms with Crippen LogP contribution in [0.5, 0.6) is 0 Å². The maximum absolute atomic E-state index is 11.1. The average molecular weight is 274 g/mol. The van der Waals surface area contributed by atoms with E-state index in [-0.39, 0.29) is 5.69 Å². The van der Waals surface area contributed by atoms with E-state index >= 15 is 0 Å². The number of unbranched alkanes of at least 4 members (excludes halogenated alkanes) is 1. The number of nitrogens with zero attached hydrogens (tertiary/aromatic N) is 1. The zero-order valence-electron chi connectivity index (χ0n) is 11.4. The quantitative estimate of drug-likeness (QED) is 0.760. The lowest BCUT2D eigenvalue weighted by Crippen LogP contribution is -2.08. The molecule has 0 amide bonds. The first-order valence-corrected chi connectivity index (χ1v) is 6.58. The topological polar surface area (TPSA) is 71.5 Å². The second kappa shape index (κ2) is 6.86. The summed E-state index contributed by atoms with van der Waals surface area (Å²) < 4.78 is 4.99. The molecular formula is C15H18N2O3. The molecule has 0 aliphatic heterocycles. The summed E-state index contributed by atoms with van der Waals surface area (Å²) in [6.07, 6.45) is 1.90. The number of ether oxygens (including phenoxy) is 1. The molecule has 1 heterocycles. The van der Waals surface area contributed by atoms with Gasteiger partial charge in [0.25, 0.3) is 0 Å². The number of nitrogens with one attached hydrogen (secondary N) is 1. The van der Waals surface area contributed by atoms with Crippen molar-refractivity contribution in [2.24, 2.45) is 0 Å². The van der Waals surface area contributed by atoms with Crippen molar-refractivity contribution in [2.45, 2.75) is 12.8 Å². The molecule has 1 aromatic heterocycles. The Labute approximate surface area is 117 Å². The molecule has 0 aliphatic rings. The van der Waals surface area contributed by atoms with Crippen LogP contribution in [-0.2, 0) is 4.74 Å². The molecule has 0 saturated heterocycles. The van der Waals surface area contributed by atoms with Crippen LogP contribution < -0.4 is 5.32 Å². The number of anilines is 1. The standard InChI is InChI=1S/C15H18N2O3/c1-20-9-5-4-8-16-14-12-7-3-2-6-11(12)10-13(17-14)15(18)19/h2-3,6-7,10H,4-5,8-9H2,1H3,(H,16,17)(H,18,19). The molecule has 0 aliphatic carbocycles. The number of methoxy groups -OCH3 is 1. The van der Waals surface area contributed by atoms with E-state index in [2.05, 4.69) is 10.3 Å². The second-order valence-corrected chi connectivity index (χ2v) is 4.51. The van der Waals surface area contributed by atoms with Gasteiger partial charge in [0.1, 0.15) is 5.82 Å². The smallest absolute Gasteiger partial charge is 0.354 e. The average Bonchev–Trinajstić information content (AvgIpc) is 2.46. The van der Waals surface area contributed by atoms with Gasteiger partial charge in [-0.2, -0.15) is 0 Å². The van der Waals surface area contributed by atoms with Gasteiger partial charge < -0.3 is 15.2 Å². The van der Waals surface area contributed by atoms with Crippen molar-refractivity contribution in [3.63, 3.8) is 0 Å². The monoisotopic (exact) mass is 274 g/mol. The van der Waals surface area contributed by atoms with Crippen molar-refractivity contribution < 1.29 is 14.6 Å². The molecule has 5 nitrogen and oxygen atoms in total. The van der Waals surface area contributed by atoms with E-state index in [9.17, 15) is 4.79 Å². The zero-order valence-corrected chi connectivity index (χ0v) is 11.4. The van der Waals surface area contributed by atoms with Gasteiger partial charge in [0.15, 0.2) is 5.69 Å². The highest BCUT2D eigenvalue weighted by molar-refractivity contribution is 5.97. The minimum Gasteiger partial charge on any atom is -0.477 e. The second-order valence-electron chi connectivity index (χ2n) is 4.51. The number of pyridine rings is 1. The van der Waals surface area contributed by atoms with Crippen LogP contribution in [0.3, 0.4) is 0 Å². The summed E-state index contributed by atoms with van der Waals surface area (Å²) >= 11 is 0. The Kier molecular flexibility index (Phi) is 4.90. The molecule has 0 fully saturated rings. The largest absolute Gasteiger partial charge is 0.477 e. The van der Waals surface area contributed by atoms with E-state index in [4.69, 9.17) is 9.84 Å². The third-order valence-electron chi connectivity index (χ3n) is 3.03. The Balaban J connectivity index is 2.19. The predicted octanol–water partition coefficient (Wildman–Crippen LogP) is 2.77. The van der Waals surface area contributed by atoms with Crippen LogP contribution >= 0.6 is 0 Å². The van der Waals surface area contributed by atoms with E-state index in [0.29, 0.717) is 5.82 Å². The molecule has 0 spiro atoms. The van der Waals surface area contributed by atoms with Crippen molar-refractivity contribution in [1.82, 2.24) is 4.98 Å². The highest BCUT2D eigenvalue weighted by Crippen LogP contribution is 2.22. The summed E-state index contributed by atoms with van der Waals surface area (Å²) in [7, 11) is 1.68. The number of hydrogen-bond donors (Lipinski definition) is 2. The number of aromatic nitrogens is 1. The first kappa shape index (κ1) is 14.3. The molecule has 106 valence electrons. The third-order valence-corrected chi connectivity index (χ3v) is 3.03. The Morgan fingerprint density at radius 2 is 2.15 bits per heavy atom. The molecule has 0 radical (unpaired) electrons. The van der Waals surface area contributed by atoms with Gasteiger partial charge in [-0.15, -0.1) is 0 Å². The highest BCUT2D eigenvalue weighted by Gasteiger charge is 2.10. The van der Waals surface area contributed by atoms with Crippen LogP contribution in [0.2, 0.25) is 0 Å². The number of rotatable bonds is 7. The van der Waals surface area contributed by atoms with Crippen molar-refractivity contribution >= 4 is 22.6 Å². The summed E-state index contributed by atoms with van der Waals surface area (Å²) in [4.78, 5) is 15.3. The molecule has 0 atom stereocenters. The lowest BCUT2D eigenvalue weighted by atomic mass is 10.1. The van der Waals surface area contributed by atoms with Crippen LogP contribution in [-0.4, -0.2) is 36.3 Å². The minimum absolute atomic E-state index is 0.0584. The number of fused-ring (bicyclic) bond motifs is 1. The van der Waals surface area contributed by atoms with Gasteiger partial charge in [-0.1, -0.05) is 24.3 Å². The maximum atomic E-state index is 11.1. The SMILES string of the molecule is COCCCCNc1nc(C(=O)O)cc2ccccc12. The number of hydrogen-bond acceptors (Lipinski definition) is 4. The summed E-state index contributed by atoms with van der Waals surface area (Å²) in [6, 6.07) is 9.22. The molecule has 0 saturated carbocycles. The van der Waals surface area contributed by atoms with Gasteiger partial charge in [-0.25, -0.2) is 9.78 Å². The number of carboxylic acids is 1. The van der Waals surface area contributed by atoms with Gasteiger partial charge >= 0.3 is 5.97 Å². The third kappa shape index (κ3) is 3.45. The van der Waals surface area contributed by atoms with E-state index in [1.165, 1.54) is 0 Å². The van der Waals surface area contributed by atoms with Crippen LogP contribution in [0.25, 0.3) is 10.8 Å². The number of carbonyl (C=O) groups is 1. The zero-order chi connectivity index (χ0) is 14.4. The van der Waals surface area contributed by atoms with Crippen molar-refractivity contribution in [3.8, 4) is 0 Å². The Morgan fingerprint density at radius 1 is 1.35 bits per heavy atom. The van der Waals surface area contributed by atoms with Gasteiger partial charge in [0.05, 0.1) is 0 Å². The molecule has 20 heavy (non-hydrogen) atoms.